The van der Waals surface area contributed by atoms with Crippen molar-refractivity contribution in [2.75, 3.05) is 37.9 Å². The molecule has 0 unspecified atom stereocenters. The van der Waals surface area contributed by atoms with Crippen LogP contribution in [-0.2, 0) is 9.59 Å². The molecule has 0 bridgehead atoms. The van der Waals surface area contributed by atoms with Crippen LogP contribution in [0.3, 0.4) is 0 Å². The van der Waals surface area contributed by atoms with Gasteiger partial charge in [0.2, 0.25) is 11.8 Å². The summed E-state index contributed by atoms with van der Waals surface area (Å²) in [6.45, 7) is 1.86. The third kappa shape index (κ3) is 5.47. The van der Waals surface area contributed by atoms with E-state index in [4.69, 9.17) is 4.74 Å². The van der Waals surface area contributed by atoms with Crippen LogP contribution in [0.5, 0.6) is 5.75 Å². The molecule has 2 N–H and O–H groups in total. The molecular formula is C19H22FN3O3. The number of anilines is 2. The first-order valence-corrected chi connectivity index (χ1v) is 8.07. The Balaban J connectivity index is 1.86. The van der Waals surface area contributed by atoms with E-state index in [1.165, 1.54) is 29.2 Å². The minimum absolute atomic E-state index is 0.0279. The number of carbonyl (C=O) groups excluding carboxylic acids is 2. The molecule has 0 heterocycles. The number of carbonyl (C=O) groups is 2. The molecular weight excluding hydrogens is 337 g/mol. The first-order valence-electron chi connectivity index (χ1n) is 8.07. The summed E-state index contributed by atoms with van der Waals surface area (Å²) in [6, 6.07) is 11.0. The number of hydrogen-bond donors (Lipinski definition) is 2. The first kappa shape index (κ1) is 19.2. The van der Waals surface area contributed by atoms with Crippen molar-refractivity contribution < 1.29 is 18.7 Å². The maximum absolute atomic E-state index is 12.9. The smallest absolute Gasteiger partial charge is 0.243 e. The van der Waals surface area contributed by atoms with E-state index in [1.54, 1.807) is 14.2 Å². The van der Waals surface area contributed by atoms with Crippen molar-refractivity contribution in [2.45, 2.75) is 6.92 Å². The standard InChI is InChI=1S/C19H22FN3O3/c1-13-4-9-17(26-3)16(10-13)21-11-19(25)23(2)12-18(24)22-15-7-5-14(20)6-8-15/h4-10,21H,11-12H2,1-3H3,(H,22,24). The van der Waals surface area contributed by atoms with Crippen LogP contribution in [0.4, 0.5) is 15.8 Å². The Morgan fingerprint density at radius 3 is 2.50 bits per heavy atom. The Bertz CT molecular complexity index is 778. The fourth-order valence-electron chi connectivity index (χ4n) is 2.30. The SMILES string of the molecule is COc1ccc(C)cc1NCC(=O)N(C)CC(=O)Nc1ccc(F)cc1. The number of nitrogens with one attached hydrogen (secondary N) is 2. The molecule has 0 saturated carbocycles. The second-order valence-corrected chi connectivity index (χ2v) is 5.86. The molecule has 0 fully saturated rings. The number of rotatable bonds is 7. The van der Waals surface area contributed by atoms with Gasteiger partial charge in [0.05, 0.1) is 25.9 Å². The summed E-state index contributed by atoms with van der Waals surface area (Å²) < 4.78 is 18.1. The molecule has 138 valence electrons. The van der Waals surface area contributed by atoms with Crippen LogP contribution in [-0.4, -0.2) is 44.0 Å². The molecule has 0 aliphatic heterocycles. The average molecular weight is 359 g/mol. The molecule has 2 rings (SSSR count). The number of benzene rings is 2. The largest absolute Gasteiger partial charge is 0.495 e. The lowest BCUT2D eigenvalue weighted by Gasteiger charge is -2.18. The minimum atomic E-state index is -0.382. The van der Waals surface area contributed by atoms with Crippen LogP contribution in [0.25, 0.3) is 0 Å². The predicted molar refractivity (Wildman–Crippen MR) is 98.9 cm³/mol. The average Bonchev–Trinajstić information content (AvgIpc) is 2.61. The van der Waals surface area contributed by atoms with Gasteiger partial charge in [-0.3, -0.25) is 9.59 Å². The molecule has 2 amide bonds. The van der Waals surface area contributed by atoms with Crippen molar-refractivity contribution >= 4 is 23.2 Å². The molecule has 7 heteroatoms. The molecule has 0 atom stereocenters. The molecule has 2 aromatic rings. The topological polar surface area (TPSA) is 70.7 Å². The van der Waals surface area contributed by atoms with Crippen LogP contribution in [0.1, 0.15) is 5.56 Å². The maximum atomic E-state index is 12.9. The predicted octanol–water partition coefficient (Wildman–Crippen LogP) is 2.65. The molecule has 0 saturated heterocycles. The summed E-state index contributed by atoms with van der Waals surface area (Å²) in [5.74, 6) is -0.350. The summed E-state index contributed by atoms with van der Waals surface area (Å²) in [6.07, 6.45) is 0. The molecule has 0 aromatic heterocycles. The second-order valence-electron chi connectivity index (χ2n) is 5.86. The summed E-state index contributed by atoms with van der Waals surface area (Å²) in [7, 11) is 3.10. The lowest BCUT2D eigenvalue weighted by Crippen LogP contribution is -2.38. The highest BCUT2D eigenvalue weighted by Gasteiger charge is 2.14. The van der Waals surface area contributed by atoms with E-state index in [9.17, 15) is 14.0 Å². The van der Waals surface area contributed by atoms with E-state index < -0.39 is 0 Å². The highest BCUT2D eigenvalue weighted by molar-refractivity contribution is 5.95. The molecule has 6 nitrogen and oxygen atoms in total. The van der Waals surface area contributed by atoms with E-state index in [-0.39, 0.29) is 30.7 Å². The quantitative estimate of drug-likeness (QED) is 0.797. The van der Waals surface area contributed by atoms with Crippen molar-refractivity contribution in [3.8, 4) is 5.75 Å². The highest BCUT2D eigenvalue weighted by atomic mass is 19.1. The number of nitrogens with zero attached hydrogens (tertiary/aromatic N) is 1. The summed E-state index contributed by atoms with van der Waals surface area (Å²) in [5.41, 5.74) is 2.22. The van der Waals surface area contributed by atoms with Crippen molar-refractivity contribution in [2.24, 2.45) is 0 Å². The van der Waals surface area contributed by atoms with Crippen LogP contribution in [0.2, 0.25) is 0 Å². The maximum Gasteiger partial charge on any atom is 0.243 e. The van der Waals surface area contributed by atoms with E-state index in [0.29, 0.717) is 17.1 Å². The van der Waals surface area contributed by atoms with Gasteiger partial charge in [-0.15, -0.1) is 0 Å². The van der Waals surface area contributed by atoms with Crippen molar-refractivity contribution in [1.82, 2.24) is 4.90 Å². The Kier molecular flexibility index (Phi) is 6.54. The van der Waals surface area contributed by atoms with Crippen LogP contribution in [0.15, 0.2) is 42.5 Å². The molecule has 2 aromatic carbocycles. The van der Waals surface area contributed by atoms with Crippen molar-refractivity contribution in [1.29, 1.82) is 0 Å². The zero-order chi connectivity index (χ0) is 19.1. The zero-order valence-electron chi connectivity index (χ0n) is 15.0. The van der Waals surface area contributed by atoms with E-state index >= 15 is 0 Å². The number of amides is 2. The molecule has 0 aliphatic rings. The number of ether oxygens (including phenoxy) is 1. The van der Waals surface area contributed by atoms with E-state index in [2.05, 4.69) is 10.6 Å². The van der Waals surface area contributed by atoms with Gasteiger partial charge in [0.25, 0.3) is 0 Å². The van der Waals surface area contributed by atoms with Gasteiger partial charge in [-0.05, 0) is 48.9 Å². The Morgan fingerprint density at radius 1 is 1.15 bits per heavy atom. The number of halogens is 1. The van der Waals surface area contributed by atoms with Crippen LogP contribution in [0, 0.1) is 12.7 Å². The lowest BCUT2D eigenvalue weighted by atomic mass is 10.2. The van der Waals surface area contributed by atoms with E-state index in [1.807, 2.05) is 25.1 Å². The summed E-state index contributed by atoms with van der Waals surface area (Å²) in [4.78, 5) is 25.5. The number of aryl methyl sites for hydroxylation is 1. The highest BCUT2D eigenvalue weighted by Crippen LogP contribution is 2.24. The zero-order valence-corrected chi connectivity index (χ0v) is 15.0. The fourth-order valence-corrected chi connectivity index (χ4v) is 2.30. The molecule has 26 heavy (non-hydrogen) atoms. The molecule has 0 aliphatic carbocycles. The van der Waals surface area contributed by atoms with Crippen molar-refractivity contribution in [3.63, 3.8) is 0 Å². The van der Waals surface area contributed by atoms with Gasteiger partial charge in [0, 0.05) is 12.7 Å². The van der Waals surface area contributed by atoms with Gasteiger partial charge in [-0.2, -0.15) is 0 Å². The minimum Gasteiger partial charge on any atom is -0.495 e. The first-order chi connectivity index (χ1) is 12.4. The lowest BCUT2D eigenvalue weighted by molar-refractivity contribution is -0.131. The van der Waals surface area contributed by atoms with Gasteiger partial charge < -0.3 is 20.3 Å². The van der Waals surface area contributed by atoms with Crippen LogP contribution >= 0.6 is 0 Å². The monoisotopic (exact) mass is 359 g/mol. The Labute approximate surface area is 152 Å². The molecule has 0 spiro atoms. The Morgan fingerprint density at radius 2 is 1.85 bits per heavy atom. The van der Waals surface area contributed by atoms with Gasteiger partial charge in [-0.1, -0.05) is 6.07 Å². The van der Waals surface area contributed by atoms with Gasteiger partial charge in [-0.25, -0.2) is 4.39 Å². The number of likely N-dealkylation sites (N-methyl/N-ethyl adjacent to an activating group) is 1. The third-order valence-electron chi connectivity index (χ3n) is 3.72. The third-order valence-corrected chi connectivity index (χ3v) is 3.72. The van der Waals surface area contributed by atoms with Gasteiger partial charge in [0.15, 0.2) is 0 Å². The van der Waals surface area contributed by atoms with Gasteiger partial charge >= 0.3 is 0 Å². The number of hydrogen-bond acceptors (Lipinski definition) is 4. The van der Waals surface area contributed by atoms with E-state index in [0.717, 1.165) is 5.56 Å². The Hall–Kier alpha value is -3.09. The summed E-state index contributed by atoms with van der Waals surface area (Å²) >= 11 is 0. The van der Waals surface area contributed by atoms with Crippen LogP contribution < -0.4 is 15.4 Å². The fraction of sp³-hybridized carbons (Fsp3) is 0.263. The molecule has 0 radical (unpaired) electrons. The summed E-state index contributed by atoms with van der Waals surface area (Å²) in [5, 5.41) is 5.64. The second kappa shape index (κ2) is 8.84. The number of methoxy groups -OCH3 is 1. The normalized spacial score (nSPS) is 10.2. The van der Waals surface area contributed by atoms with Crippen molar-refractivity contribution in [3.05, 3.63) is 53.8 Å². The van der Waals surface area contributed by atoms with Gasteiger partial charge in [0.1, 0.15) is 11.6 Å².